The largest absolute Gasteiger partial charge is 0.474 e. The van der Waals surface area contributed by atoms with Gasteiger partial charge in [-0.1, -0.05) is 20.3 Å². The van der Waals surface area contributed by atoms with Gasteiger partial charge < -0.3 is 9.72 Å². The Labute approximate surface area is 108 Å². The molecule has 0 aromatic carbocycles. The molecule has 1 aliphatic carbocycles. The van der Waals surface area contributed by atoms with Crippen LogP contribution < -0.4 is 10.3 Å². The summed E-state index contributed by atoms with van der Waals surface area (Å²) >= 11 is 0. The smallest absolute Gasteiger partial charge is 0.254 e. The second kappa shape index (κ2) is 6.03. The Hall–Kier alpha value is -1.32. The fourth-order valence-electron chi connectivity index (χ4n) is 2.66. The van der Waals surface area contributed by atoms with Gasteiger partial charge in [-0.3, -0.25) is 4.79 Å². The maximum absolute atomic E-state index is 11.5. The van der Waals surface area contributed by atoms with Crippen molar-refractivity contribution < 1.29 is 4.74 Å². The van der Waals surface area contributed by atoms with Gasteiger partial charge in [-0.05, 0) is 31.6 Å². The molecule has 4 heteroatoms. The zero-order chi connectivity index (χ0) is 13.0. The van der Waals surface area contributed by atoms with E-state index >= 15 is 0 Å². The van der Waals surface area contributed by atoms with E-state index in [1.54, 1.807) is 0 Å². The van der Waals surface area contributed by atoms with Crippen molar-refractivity contribution in [1.82, 2.24) is 9.97 Å². The molecule has 0 aliphatic heterocycles. The van der Waals surface area contributed by atoms with Crippen molar-refractivity contribution in [3.05, 3.63) is 22.2 Å². The third-order valence-corrected chi connectivity index (χ3v) is 3.74. The first-order chi connectivity index (χ1) is 8.72. The van der Waals surface area contributed by atoms with Gasteiger partial charge >= 0.3 is 0 Å². The van der Waals surface area contributed by atoms with E-state index in [0.29, 0.717) is 24.0 Å². The first kappa shape index (κ1) is 13.1. The molecule has 4 nitrogen and oxygen atoms in total. The molecule has 1 heterocycles. The highest BCUT2D eigenvalue weighted by atomic mass is 16.5. The summed E-state index contributed by atoms with van der Waals surface area (Å²) in [5.74, 6) is 1.78. The van der Waals surface area contributed by atoms with Crippen LogP contribution in [0.15, 0.2) is 10.9 Å². The lowest BCUT2D eigenvalue weighted by atomic mass is 9.85. The zero-order valence-electron chi connectivity index (χ0n) is 11.2. The van der Waals surface area contributed by atoms with Crippen LogP contribution >= 0.6 is 0 Å². The number of ether oxygens (including phenoxy) is 1. The normalized spacial score (nSPS) is 23.9. The molecule has 0 spiro atoms. The van der Waals surface area contributed by atoms with E-state index in [0.717, 1.165) is 12.8 Å². The fraction of sp³-hybridized carbons (Fsp3) is 0.714. The van der Waals surface area contributed by atoms with E-state index in [2.05, 4.69) is 16.9 Å². The van der Waals surface area contributed by atoms with Gasteiger partial charge in [0.2, 0.25) is 5.88 Å². The molecule has 0 saturated heterocycles. The first-order valence-electron chi connectivity index (χ1n) is 6.99. The van der Waals surface area contributed by atoms with Crippen LogP contribution in [0.25, 0.3) is 0 Å². The lowest BCUT2D eigenvalue weighted by Gasteiger charge is -2.30. The number of aromatic nitrogens is 2. The van der Waals surface area contributed by atoms with E-state index < -0.39 is 0 Å². The zero-order valence-corrected chi connectivity index (χ0v) is 11.2. The van der Waals surface area contributed by atoms with Crippen molar-refractivity contribution in [2.24, 2.45) is 5.92 Å². The van der Waals surface area contributed by atoms with Crippen molar-refractivity contribution in [3.63, 3.8) is 0 Å². The number of nitrogens with zero attached hydrogens (tertiary/aromatic N) is 1. The van der Waals surface area contributed by atoms with E-state index in [4.69, 9.17) is 4.74 Å². The van der Waals surface area contributed by atoms with Crippen molar-refractivity contribution in [1.29, 1.82) is 0 Å². The van der Waals surface area contributed by atoms with Crippen LogP contribution in [-0.4, -0.2) is 16.1 Å². The van der Waals surface area contributed by atoms with Crippen molar-refractivity contribution in [2.75, 3.05) is 0 Å². The average molecular weight is 250 g/mol. The van der Waals surface area contributed by atoms with Crippen LogP contribution in [0.3, 0.4) is 0 Å². The van der Waals surface area contributed by atoms with Crippen LogP contribution in [-0.2, 0) is 6.42 Å². The van der Waals surface area contributed by atoms with Crippen LogP contribution in [0, 0.1) is 5.92 Å². The molecule has 1 saturated carbocycles. The first-order valence-corrected chi connectivity index (χ1v) is 6.99. The molecule has 1 aromatic heterocycles. The van der Waals surface area contributed by atoms with Crippen LogP contribution in [0.5, 0.6) is 5.88 Å². The van der Waals surface area contributed by atoms with Crippen molar-refractivity contribution in [2.45, 2.75) is 58.5 Å². The maximum Gasteiger partial charge on any atom is 0.254 e. The van der Waals surface area contributed by atoms with E-state index in [-0.39, 0.29) is 11.7 Å². The second-order valence-corrected chi connectivity index (χ2v) is 4.99. The second-order valence-electron chi connectivity index (χ2n) is 4.99. The molecule has 0 amide bonds. The van der Waals surface area contributed by atoms with E-state index in [1.807, 2.05) is 6.92 Å². The highest BCUT2D eigenvalue weighted by Crippen LogP contribution is 2.29. The molecular formula is C14H22N2O2. The van der Waals surface area contributed by atoms with E-state index in [1.165, 1.54) is 25.3 Å². The molecular weight excluding hydrogens is 228 g/mol. The third-order valence-electron chi connectivity index (χ3n) is 3.74. The van der Waals surface area contributed by atoms with Gasteiger partial charge in [-0.25, -0.2) is 4.98 Å². The average Bonchev–Trinajstić information content (AvgIpc) is 2.38. The quantitative estimate of drug-likeness (QED) is 0.893. The number of hydrogen-bond acceptors (Lipinski definition) is 3. The molecule has 2 atom stereocenters. The van der Waals surface area contributed by atoms with Gasteiger partial charge in [0, 0.05) is 6.42 Å². The molecule has 100 valence electrons. The van der Waals surface area contributed by atoms with Crippen LogP contribution in [0.2, 0.25) is 0 Å². The number of hydrogen-bond donors (Lipinski definition) is 1. The van der Waals surface area contributed by atoms with Gasteiger partial charge in [0.15, 0.2) is 0 Å². The van der Waals surface area contributed by atoms with Gasteiger partial charge in [-0.2, -0.15) is 0 Å². The van der Waals surface area contributed by atoms with Crippen LogP contribution in [0.1, 0.15) is 51.8 Å². The molecule has 0 radical (unpaired) electrons. The Morgan fingerprint density at radius 1 is 1.39 bits per heavy atom. The predicted molar refractivity (Wildman–Crippen MR) is 70.9 cm³/mol. The molecule has 1 aromatic rings. The summed E-state index contributed by atoms with van der Waals surface area (Å²) in [5, 5.41) is 0. The van der Waals surface area contributed by atoms with Gasteiger partial charge in [0.25, 0.3) is 5.56 Å². The molecule has 1 N–H and O–H groups in total. The summed E-state index contributed by atoms with van der Waals surface area (Å²) in [4.78, 5) is 18.5. The lowest BCUT2D eigenvalue weighted by Crippen LogP contribution is -2.30. The number of aryl methyl sites for hydroxylation is 1. The fourth-order valence-corrected chi connectivity index (χ4v) is 2.66. The van der Waals surface area contributed by atoms with E-state index in [9.17, 15) is 4.79 Å². The minimum absolute atomic E-state index is 0.124. The molecule has 2 rings (SSSR count). The standard InChI is InChI=1S/C14H22N2O2/c1-3-10-7-5-6-8-11(10)18-14-9-13(17)15-12(4-2)16-14/h9-11H,3-8H2,1-2H3,(H,15,16,17). The summed E-state index contributed by atoms with van der Waals surface area (Å²) in [6, 6.07) is 1.46. The number of nitrogens with one attached hydrogen (secondary N) is 1. The highest BCUT2D eigenvalue weighted by Gasteiger charge is 2.25. The highest BCUT2D eigenvalue weighted by molar-refractivity contribution is 5.09. The van der Waals surface area contributed by atoms with Gasteiger partial charge in [-0.15, -0.1) is 0 Å². The third kappa shape index (κ3) is 3.12. The molecule has 18 heavy (non-hydrogen) atoms. The summed E-state index contributed by atoms with van der Waals surface area (Å²) < 4.78 is 5.95. The minimum Gasteiger partial charge on any atom is -0.474 e. The summed E-state index contributed by atoms with van der Waals surface area (Å²) in [7, 11) is 0. The predicted octanol–water partition coefficient (Wildman–Crippen LogP) is 2.68. The number of H-pyrrole nitrogens is 1. The summed E-state index contributed by atoms with van der Waals surface area (Å²) in [6.07, 6.45) is 6.89. The molecule has 1 aliphatic rings. The number of rotatable bonds is 4. The van der Waals surface area contributed by atoms with Crippen LogP contribution in [0.4, 0.5) is 0 Å². The molecule has 2 unspecified atom stereocenters. The SMILES string of the molecule is CCc1nc(OC2CCCCC2CC)cc(=O)[nH]1. The summed E-state index contributed by atoms with van der Waals surface area (Å²) in [6.45, 7) is 4.17. The Kier molecular flexibility index (Phi) is 4.39. The van der Waals surface area contributed by atoms with Crippen molar-refractivity contribution >= 4 is 0 Å². The number of aromatic amines is 1. The van der Waals surface area contributed by atoms with Crippen molar-refractivity contribution in [3.8, 4) is 5.88 Å². The Morgan fingerprint density at radius 3 is 2.89 bits per heavy atom. The Morgan fingerprint density at radius 2 is 2.17 bits per heavy atom. The lowest BCUT2D eigenvalue weighted by molar-refractivity contribution is 0.0853. The molecule has 1 fully saturated rings. The monoisotopic (exact) mass is 250 g/mol. The van der Waals surface area contributed by atoms with Gasteiger partial charge in [0.1, 0.15) is 11.9 Å². The maximum atomic E-state index is 11.5. The Bertz CT molecular complexity index is 442. The molecule has 0 bridgehead atoms. The Balaban J connectivity index is 2.12. The summed E-state index contributed by atoms with van der Waals surface area (Å²) in [5.41, 5.74) is -0.124. The topological polar surface area (TPSA) is 55.0 Å². The van der Waals surface area contributed by atoms with Gasteiger partial charge in [0.05, 0.1) is 6.07 Å². The minimum atomic E-state index is -0.124.